The Labute approximate surface area is 141 Å². The summed E-state index contributed by atoms with van der Waals surface area (Å²) in [4.78, 5) is 12.8. The van der Waals surface area contributed by atoms with Crippen molar-refractivity contribution in [2.24, 2.45) is 0 Å². The van der Waals surface area contributed by atoms with Gasteiger partial charge in [-0.15, -0.1) is 12.4 Å². The molecule has 0 aliphatic rings. The van der Waals surface area contributed by atoms with Crippen LogP contribution in [0.1, 0.15) is 27.9 Å². The van der Waals surface area contributed by atoms with Gasteiger partial charge in [-0.3, -0.25) is 0 Å². The van der Waals surface area contributed by atoms with Gasteiger partial charge in [0, 0.05) is 5.69 Å². The Kier molecular flexibility index (Phi) is 4.71. The molecule has 0 atom stereocenters. The van der Waals surface area contributed by atoms with E-state index in [0.29, 0.717) is 11.5 Å². The van der Waals surface area contributed by atoms with E-state index >= 15 is 0 Å². The molecule has 1 aromatic carbocycles. The van der Waals surface area contributed by atoms with E-state index in [-0.39, 0.29) is 18.4 Å². The Morgan fingerprint density at radius 3 is 2.22 bits per heavy atom. The molecule has 23 heavy (non-hydrogen) atoms. The number of aryl methyl sites for hydroxylation is 3. The highest BCUT2D eigenvalue weighted by molar-refractivity contribution is 5.90. The topological polar surface area (TPSA) is 90.7 Å². The second-order valence-corrected chi connectivity index (χ2v) is 5.63. The first kappa shape index (κ1) is 17.0. The molecule has 0 spiro atoms. The van der Waals surface area contributed by atoms with Crippen LogP contribution >= 0.6 is 12.4 Å². The van der Waals surface area contributed by atoms with Gasteiger partial charge in [0.25, 0.3) is 0 Å². The SMILES string of the molecule is Cc1ccc(Cc2c(C)nc3nc(N)nc(N)c3c2C)cc1.Cl. The van der Waals surface area contributed by atoms with Crippen molar-refractivity contribution in [2.45, 2.75) is 27.2 Å². The van der Waals surface area contributed by atoms with Gasteiger partial charge in [-0.25, -0.2) is 4.98 Å². The van der Waals surface area contributed by atoms with E-state index in [4.69, 9.17) is 11.5 Å². The van der Waals surface area contributed by atoms with Crippen molar-refractivity contribution in [3.8, 4) is 0 Å². The monoisotopic (exact) mass is 329 g/mol. The van der Waals surface area contributed by atoms with Crippen LogP contribution in [0.4, 0.5) is 11.8 Å². The first-order valence-corrected chi connectivity index (χ1v) is 7.20. The molecule has 3 rings (SSSR count). The maximum absolute atomic E-state index is 6.02. The largest absolute Gasteiger partial charge is 0.383 e. The summed E-state index contributed by atoms with van der Waals surface area (Å²) in [5, 5.41) is 0.793. The molecule has 0 saturated carbocycles. The zero-order chi connectivity index (χ0) is 15.9. The number of hydrogen-bond donors (Lipinski definition) is 2. The highest BCUT2D eigenvalue weighted by atomic mass is 35.5. The molecule has 0 unspecified atom stereocenters. The molecule has 2 heterocycles. The summed E-state index contributed by atoms with van der Waals surface area (Å²) in [5.74, 6) is 0.542. The first-order valence-electron chi connectivity index (χ1n) is 7.20. The molecular weight excluding hydrogens is 310 g/mol. The number of halogens is 1. The average Bonchev–Trinajstić information content (AvgIpc) is 2.44. The lowest BCUT2D eigenvalue weighted by atomic mass is 9.97. The van der Waals surface area contributed by atoms with Gasteiger partial charge in [0.15, 0.2) is 5.65 Å². The van der Waals surface area contributed by atoms with Gasteiger partial charge >= 0.3 is 0 Å². The zero-order valence-electron chi connectivity index (χ0n) is 13.4. The number of nitrogens with zero attached hydrogens (tertiary/aromatic N) is 3. The summed E-state index contributed by atoms with van der Waals surface area (Å²) < 4.78 is 0. The van der Waals surface area contributed by atoms with Gasteiger partial charge in [-0.1, -0.05) is 29.8 Å². The number of fused-ring (bicyclic) bond motifs is 1. The minimum absolute atomic E-state index is 0. The summed E-state index contributed by atoms with van der Waals surface area (Å²) in [6.07, 6.45) is 0.810. The van der Waals surface area contributed by atoms with Crippen molar-refractivity contribution in [3.63, 3.8) is 0 Å². The fraction of sp³-hybridized carbons (Fsp3) is 0.235. The van der Waals surface area contributed by atoms with Crippen molar-refractivity contribution in [3.05, 3.63) is 52.2 Å². The Hall–Kier alpha value is -2.40. The van der Waals surface area contributed by atoms with Gasteiger partial charge in [0.2, 0.25) is 5.95 Å². The Morgan fingerprint density at radius 1 is 0.913 bits per heavy atom. The van der Waals surface area contributed by atoms with E-state index in [0.717, 1.165) is 28.6 Å². The molecule has 0 fully saturated rings. The number of pyridine rings is 1. The lowest BCUT2D eigenvalue weighted by Gasteiger charge is -2.13. The first-order chi connectivity index (χ1) is 10.5. The summed E-state index contributed by atoms with van der Waals surface area (Å²) in [6, 6.07) is 8.52. The van der Waals surface area contributed by atoms with Crippen molar-refractivity contribution >= 4 is 35.2 Å². The Bertz CT molecular complexity index is 859. The zero-order valence-corrected chi connectivity index (χ0v) is 14.2. The summed E-state index contributed by atoms with van der Waals surface area (Å²) in [7, 11) is 0. The molecule has 2 aromatic heterocycles. The van der Waals surface area contributed by atoms with Crippen LogP contribution in [0.3, 0.4) is 0 Å². The second kappa shape index (κ2) is 6.38. The van der Waals surface area contributed by atoms with E-state index in [1.54, 1.807) is 0 Å². The number of rotatable bonds is 2. The fourth-order valence-corrected chi connectivity index (χ4v) is 2.74. The van der Waals surface area contributed by atoms with Crippen LogP contribution in [-0.4, -0.2) is 15.0 Å². The van der Waals surface area contributed by atoms with E-state index in [1.165, 1.54) is 11.1 Å². The number of hydrogen-bond acceptors (Lipinski definition) is 5. The predicted molar refractivity (Wildman–Crippen MR) is 96.9 cm³/mol. The number of nitrogen functional groups attached to an aromatic ring is 2. The number of aromatic nitrogens is 3. The predicted octanol–water partition coefficient (Wildman–Crippen LogP) is 3.13. The third-order valence-corrected chi connectivity index (χ3v) is 3.97. The Balaban J connectivity index is 0.00000192. The number of benzene rings is 1. The van der Waals surface area contributed by atoms with Crippen LogP contribution in [-0.2, 0) is 6.42 Å². The number of nitrogens with two attached hydrogens (primary N) is 2. The maximum atomic E-state index is 6.02. The molecule has 6 heteroatoms. The minimum atomic E-state index is 0. The fourth-order valence-electron chi connectivity index (χ4n) is 2.74. The van der Waals surface area contributed by atoms with E-state index in [2.05, 4.69) is 46.1 Å². The van der Waals surface area contributed by atoms with Crippen LogP contribution < -0.4 is 11.5 Å². The highest BCUT2D eigenvalue weighted by Gasteiger charge is 2.14. The molecule has 0 radical (unpaired) electrons. The van der Waals surface area contributed by atoms with Crippen molar-refractivity contribution in [1.82, 2.24) is 15.0 Å². The van der Waals surface area contributed by atoms with Crippen LogP contribution in [0, 0.1) is 20.8 Å². The molecule has 0 bridgehead atoms. The Morgan fingerprint density at radius 2 is 1.57 bits per heavy atom. The standard InChI is InChI=1S/C17H19N5.ClH/c1-9-4-6-12(7-5-9)8-13-10(2)14-15(18)21-17(19)22-16(14)20-11(13)3;/h4-7H,8H2,1-3H3,(H4,18,19,20,21,22);1H. The smallest absolute Gasteiger partial charge is 0.224 e. The molecule has 0 aliphatic heterocycles. The van der Waals surface area contributed by atoms with Crippen LogP contribution in [0.5, 0.6) is 0 Å². The van der Waals surface area contributed by atoms with E-state index in [1.807, 2.05) is 13.8 Å². The van der Waals surface area contributed by atoms with Crippen molar-refractivity contribution in [1.29, 1.82) is 0 Å². The number of anilines is 2. The molecule has 3 aromatic rings. The van der Waals surface area contributed by atoms with Crippen LogP contribution in [0.15, 0.2) is 24.3 Å². The summed E-state index contributed by atoms with van der Waals surface area (Å²) in [5.41, 5.74) is 17.9. The van der Waals surface area contributed by atoms with Gasteiger partial charge in [-0.05, 0) is 43.9 Å². The minimum Gasteiger partial charge on any atom is -0.383 e. The van der Waals surface area contributed by atoms with Crippen LogP contribution in [0.2, 0.25) is 0 Å². The third-order valence-electron chi connectivity index (χ3n) is 3.97. The molecule has 120 valence electrons. The molecule has 0 amide bonds. The molecule has 5 nitrogen and oxygen atoms in total. The summed E-state index contributed by atoms with van der Waals surface area (Å²) in [6.45, 7) is 6.11. The normalized spacial score (nSPS) is 10.6. The van der Waals surface area contributed by atoms with Crippen molar-refractivity contribution < 1.29 is 0 Å². The quantitative estimate of drug-likeness (QED) is 0.753. The van der Waals surface area contributed by atoms with Crippen LogP contribution in [0.25, 0.3) is 11.0 Å². The highest BCUT2D eigenvalue weighted by Crippen LogP contribution is 2.27. The lowest BCUT2D eigenvalue weighted by molar-refractivity contribution is 1.06. The third kappa shape index (κ3) is 3.19. The van der Waals surface area contributed by atoms with Gasteiger partial charge in [0.1, 0.15) is 5.82 Å². The molecule has 0 saturated heterocycles. The van der Waals surface area contributed by atoms with Gasteiger partial charge < -0.3 is 11.5 Å². The summed E-state index contributed by atoms with van der Waals surface area (Å²) >= 11 is 0. The second-order valence-electron chi connectivity index (χ2n) is 5.63. The average molecular weight is 330 g/mol. The lowest BCUT2D eigenvalue weighted by Crippen LogP contribution is -2.07. The molecular formula is C17H20ClN5. The van der Waals surface area contributed by atoms with Crippen molar-refractivity contribution in [2.75, 3.05) is 11.5 Å². The van der Waals surface area contributed by atoms with E-state index < -0.39 is 0 Å². The van der Waals surface area contributed by atoms with E-state index in [9.17, 15) is 0 Å². The molecule has 4 N–H and O–H groups in total. The van der Waals surface area contributed by atoms with Gasteiger partial charge in [0.05, 0.1) is 5.39 Å². The van der Waals surface area contributed by atoms with Gasteiger partial charge in [-0.2, -0.15) is 9.97 Å². The molecule has 0 aliphatic carbocycles. The maximum Gasteiger partial charge on any atom is 0.224 e.